The molecule has 0 saturated heterocycles. The molecule has 0 heterocycles. The standard InChI is InChI=1S/C9H17F3O/c1-7(2)6-8(13)4-3-5-9(10,11)12/h7-8,13H,3-6H2,1-2H3. The van der Waals surface area contributed by atoms with Crippen LogP contribution in [0.2, 0.25) is 0 Å². The summed E-state index contributed by atoms with van der Waals surface area (Å²) in [6.45, 7) is 3.87. The minimum Gasteiger partial charge on any atom is -0.393 e. The highest BCUT2D eigenvalue weighted by Crippen LogP contribution is 2.23. The second kappa shape index (κ2) is 5.47. The summed E-state index contributed by atoms with van der Waals surface area (Å²) in [7, 11) is 0. The number of rotatable bonds is 5. The maximum atomic E-state index is 11.7. The SMILES string of the molecule is CC(C)CC(O)CCCC(F)(F)F. The van der Waals surface area contributed by atoms with Crippen molar-refractivity contribution in [1.29, 1.82) is 0 Å². The van der Waals surface area contributed by atoms with Gasteiger partial charge in [0.15, 0.2) is 0 Å². The summed E-state index contributed by atoms with van der Waals surface area (Å²) in [6.07, 6.45) is -4.60. The van der Waals surface area contributed by atoms with Crippen molar-refractivity contribution in [3.8, 4) is 0 Å². The van der Waals surface area contributed by atoms with Crippen molar-refractivity contribution in [2.24, 2.45) is 5.92 Å². The Hall–Kier alpha value is -0.250. The van der Waals surface area contributed by atoms with Crippen molar-refractivity contribution in [2.45, 2.75) is 51.8 Å². The van der Waals surface area contributed by atoms with Gasteiger partial charge in [-0.15, -0.1) is 0 Å². The first-order valence-electron chi connectivity index (χ1n) is 4.56. The van der Waals surface area contributed by atoms with Crippen LogP contribution in [0.1, 0.15) is 39.5 Å². The normalized spacial score (nSPS) is 15.0. The highest BCUT2D eigenvalue weighted by atomic mass is 19.4. The Bertz CT molecular complexity index is 131. The van der Waals surface area contributed by atoms with Gasteiger partial charge >= 0.3 is 6.18 Å². The van der Waals surface area contributed by atoms with E-state index in [1.165, 1.54) is 0 Å². The molecule has 1 atom stereocenters. The minimum absolute atomic E-state index is 0.0252. The molecule has 1 unspecified atom stereocenters. The van der Waals surface area contributed by atoms with Crippen LogP contribution in [0.4, 0.5) is 13.2 Å². The molecule has 0 amide bonds. The molecule has 0 radical (unpaired) electrons. The van der Waals surface area contributed by atoms with E-state index in [-0.39, 0.29) is 12.8 Å². The molecule has 1 nitrogen and oxygen atoms in total. The van der Waals surface area contributed by atoms with Crippen molar-refractivity contribution in [2.75, 3.05) is 0 Å². The molecule has 13 heavy (non-hydrogen) atoms. The predicted molar refractivity (Wildman–Crippen MR) is 45.4 cm³/mol. The molecule has 0 aliphatic carbocycles. The second-order valence-electron chi connectivity index (χ2n) is 3.79. The Morgan fingerprint density at radius 1 is 1.23 bits per heavy atom. The van der Waals surface area contributed by atoms with Crippen molar-refractivity contribution in [3.63, 3.8) is 0 Å². The molecular weight excluding hydrogens is 181 g/mol. The van der Waals surface area contributed by atoms with E-state index in [9.17, 15) is 18.3 Å². The zero-order chi connectivity index (χ0) is 10.5. The average Bonchev–Trinajstić information content (AvgIpc) is 1.81. The fourth-order valence-electron chi connectivity index (χ4n) is 1.20. The largest absolute Gasteiger partial charge is 0.393 e. The highest BCUT2D eigenvalue weighted by molar-refractivity contribution is 4.60. The maximum Gasteiger partial charge on any atom is 0.389 e. The van der Waals surface area contributed by atoms with Crippen molar-refractivity contribution in [1.82, 2.24) is 0 Å². The van der Waals surface area contributed by atoms with Crippen LogP contribution in [0.25, 0.3) is 0 Å². The molecule has 4 heteroatoms. The third kappa shape index (κ3) is 9.67. The third-order valence-corrected chi connectivity index (χ3v) is 1.74. The molecule has 0 aliphatic rings. The molecule has 1 N–H and O–H groups in total. The number of alkyl halides is 3. The number of halogens is 3. The first-order chi connectivity index (χ1) is 5.81. The lowest BCUT2D eigenvalue weighted by Gasteiger charge is -2.13. The lowest BCUT2D eigenvalue weighted by atomic mass is 10.0. The second-order valence-corrected chi connectivity index (χ2v) is 3.79. The van der Waals surface area contributed by atoms with Gasteiger partial charge in [0, 0.05) is 6.42 Å². The lowest BCUT2D eigenvalue weighted by molar-refractivity contribution is -0.136. The molecule has 0 aliphatic heterocycles. The van der Waals surface area contributed by atoms with E-state index in [2.05, 4.69) is 0 Å². The monoisotopic (exact) mass is 198 g/mol. The van der Waals surface area contributed by atoms with Gasteiger partial charge < -0.3 is 5.11 Å². The predicted octanol–water partition coefficient (Wildman–Crippen LogP) is 3.13. The average molecular weight is 198 g/mol. The first-order valence-corrected chi connectivity index (χ1v) is 4.56. The van der Waals surface area contributed by atoms with Gasteiger partial charge in [-0.3, -0.25) is 0 Å². The summed E-state index contributed by atoms with van der Waals surface area (Å²) in [5.74, 6) is 0.334. The van der Waals surface area contributed by atoms with E-state index in [1.54, 1.807) is 0 Å². The molecular formula is C9H17F3O. The molecule has 0 rings (SSSR count). The number of hydrogen-bond acceptors (Lipinski definition) is 1. The van der Waals surface area contributed by atoms with Crippen LogP contribution in [0.3, 0.4) is 0 Å². The topological polar surface area (TPSA) is 20.2 Å². The smallest absolute Gasteiger partial charge is 0.389 e. The highest BCUT2D eigenvalue weighted by Gasteiger charge is 2.26. The quantitative estimate of drug-likeness (QED) is 0.719. The number of aliphatic hydroxyl groups excluding tert-OH is 1. The van der Waals surface area contributed by atoms with E-state index >= 15 is 0 Å². The Morgan fingerprint density at radius 2 is 1.77 bits per heavy atom. The summed E-state index contributed by atoms with van der Waals surface area (Å²) >= 11 is 0. The fraction of sp³-hybridized carbons (Fsp3) is 1.00. The zero-order valence-corrected chi connectivity index (χ0v) is 8.06. The number of aliphatic hydroxyl groups is 1. The molecule has 80 valence electrons. The summed E-state index contributed by atoms with van der Waals surface area (Å²) < 4.78 is 35.1. The Kier molecular flexibility index (Phi) is 5.37. The summed E-state index contributed by atoms with van der Waals surface area (Å²) in [5.41, 5.74) is 0. The van der Waals surface area contributed by atoms with E-state index in [4.69, 9.17) is 0 Å². The minimum atomic E-state index is -4.09. The van der Waals surface area contributed by atoms with Crippen LogP contribution in [-0.4, -0.2) is 17.4 Å². The Labute approximate surface area is 76.9 Å². The van der Waals surface area contributed by atoms with Crippen molar-refractivity contribution in [3.05, 3.63) is 0 Å². The van der Waals surface area contributed by atoms with Crippen LogP contribution in [-0.2, 0) is 0 Å². The van der Waals surface area contributed by atoms with Gasteiger partial charge in [0.1, 0.15) is 0 Å². The van der Waals surface area contributed by atoms with Crippen LogP contribution >= 0.6 is 0 Å². The molecule has 0 fully saturated rings. The summed E-state index contributed by atoms with van der Waals surface area (Å²) in [6, 6.07) is 0. The van der Waals surface area contributed by atoms with E-state index in [0.29, 0.717) is 12.3 Å². The first kappa shape index (κ1) is 12.8. The Balaban J connectivity index is 3.42. The third-order valence-electron chi connectivity index (χ3n) is 1.74. The fourth-order valence-corrected chi connectivity index (χ4v) is 1.20. The van der Waals surface area contributed by atoms with E-state index in [1.807, 2.05) is 13.8 Å². The summed E-state index contributed by atoms with van der Waals surface area (Å²) in [4.78, 5) is 0. The molecule has 0 aromatic rings. The summed E-state index contributed by atoms with van der Waals surface area (Å²) in [5, 5.41) is 9.25. The molecule has 0 aromatic carbocycles. The molecule has 0 spiro atoms. The lowest BCUT2D eigenvalue weighted by Crippen LogP contribution is -2.13. The van der Waals surface area contributed by atoms with Gasteiger partial charge in [-0.1, -0.05) is 13.8 Å². The van der Waals surface area contributed by atoms with Gasteiger partial charge in [0.25, 0.3) is 0 Å². The molecule has 0 aromatic heterocycles. The number of hydrogen-bond donors (Lipinski definition) is 1. The van der Waals surface area contributed by atoms with Crippen LogP contribution in [0.5, 0.6) is 0 Å². The maximum absolute atomic E-state index is 11.7. The van der Waals surface area contributed by atoms with Crippen molar-refractivity contribution >= 4 is 0 Å². The van der Waals surface area contributed by atoms with Crippen molar-refractivity contribution < 1.29 is 18.3 Å². The van der Waals surface area contributed by atoms with E-state index in [0.717, 1.165) is 0 Å². The van der Waals surface area contributed by atoms with Gasteiger partial charge in [0.2, 0.25) is 0 Å². The van der Waals surface area contributed by atoms with Gasteiger partial charge in [0.05, 0.1) is 6.10 Å². The molecule has 0 bridgehead atoms. The van der Waals surface area contributed by atoms with Gasteiger partial charge in [-0.05, 0) is 25.2 Å². The zero-order valence-electron chi connectivity index (χ0n) is 8.06. The van der Waals surface area contributed by atoms with Crippen LogP contribution < -0.4 is 0 Å². The van der Waals surface area contributed by atoms with Crippen LogP contribution in [0.15, 0.2) is 0 Å². The van der Waals surface area contributed by atoms with Crippen LogP contribution in [0, 0.1) is 5.92 Å². The van der Waals surface area contributed by atoms with E-state index < -0.39 is 18.7 Å². The van der Waals surface area contributed by atoms with Gasteiger partial charge in [-0.25, -0.2) is 0 Å². The van der Waals surface area contributed by atoms with Gasteiger partial charge in [-0.2, -0.15) is 13.2 Å². The Morgan fingerprint density at radius 3 is 2.15 bits per heavy atom. The molecule has 0 saturated carbocycles.